The highest BCUT2D eigenvalue weighted by Gasteiger charge is 2.26. The molecule has 110 valence electrons. The summed E-state index contributed by atoms with van der Waals surface area (Å²) >= 11 is 0. The number of aromatic nitrogens is 2. The minimum Gasteiger partial charge on any atom is -0.397 e. The minimum atomic E-state index is -4.39. The third-order valence-corrected chi connectivity index (χ3v) is 3.78. The maximum atomic E-state index is 13.8. The highest BCUT2D eigenvalue weighted by molar-refractivity contribution is 7.92. The molecule has 0 fully saturated rings. The molecule has 0 spiro atoms. The zero-order valence-corrected chi connectivity index (χ0v) is 11.0. The third-order valence-electron chi connectivity index (χ3n) is 2.34. The predicted molar refractivity (Wildman–Crippen MR) is 70.3 cm³/mol. The van der Waals surface area contributed by atoms with Crippen molar-refractivity contribution in [3.8, 4) is 0 Å². The molecule has 0 unspecified atom stereocenters. The van der Waals surface area contributed by atoms with Crippen molar-refractivity contribution in [2.75, 3.05) is 10.5 Å². The monoisotopic (exact) mass is 313 g/mol. The topological polar surface area (TPSA) is 141 Å². The number of benzene rings is 1. The number of nitrogen functional groups attached to an aromatic ring is 1. The Bertz CT molecular complexity index is 773. The van der Waals surface area contributed by atoms with Gasteiger partial charge in [-0.25, -0.2) is 17.8 Å². The second-order valence-electron chi connectivity index (χ2n) is 3.80. The first-order chi connectivity index (χ1) is 9.81. The van der Waals surface area contributed by atoms with Crippen LogP contribution in [0.25, 0.3) is 0 Å². The first kappa shape index (κ1) is 14.6. The van der Waals surface area contributed by atoms with Crippen LogP contribution in [0.1, 0.15) is 0 Å². The zero-order chi connectivity index (χ0) is 15.6. The van der Waals surface area contributed by atoms with Crippen LogP contribution in [0, 0.1) is 15.9 Å². The lowest BCUT2D eigenvalue weighted by Crippen LogP contribution is -2.17. The molecule has 0 amide bonds. The Morgan fingerprint density at radius 1 is 1.33 bits per heavy atom. The average molecular weight is 313 g/mol. The summed E-state index contributed by atoms with van der Waals surface area (Å²) < 4.78 is 39.9. The Kier molecular flexibility index (Phi) is 3.67. The summed E-state index contributed by atoms with van der Waals surface area (Å²) in [5.74, 6) is -1.48. The summed E-state index contributed by atoms with van der Waals surface area (Å²) in [6.45, 7) is 0. The number of anilines is 2. The smallest absolute Gasteiger partial charge is 0.274 e. The number of non-ortho nitro benzene ring substituents is 1. The Morgan fingerprint density at radius 2 is 2.05 bits per heavy atom. The fraction of sp³-hybridized carbons (Fsp3) is 0. The lowest BCUT2D eigenvalue weighted by molar-refractivity contribution is -0.385. The van der Waals surface area contributed by atoms with Gasteiger partial charge in [-0.15, -0.1) is 0 Å². The van der Waals surface area contributed by atoms with E-state index in [9.17, 15) is 22.9 Å². The van der Waals surface area contributed by atoms with E-state index in [0.29, 0.717) is 6.07 Å². The first-order valence-corrected chi connectivity index (χ1v) is 6.82. The first-order valence-electron chi connectivity index (χ1n) is 5.33. The van der Waals surface area contributed by atoms with Crippen molar-refractivity contribution in [3.63, 3.8) is 0 Å². The lowest BCUT2D eigenvalue weighted by atomic mass is 10.3. The van der Waals surface area contributed by atoms with E-state index in [0.717, 1.165) is 12.3 Å². The van der Waals surface area contributed by atoms with E-state index in [1.165, 1.54) is 12.4 Å². The molecular formula is C10H8FN5O4S. The SMILES string of the molecule is Nc1cc([N+](=O)[O-])cc(F)c1S(=O)(=O)Nc1cnccn1. The average Bonchev–Trinajstić information content (AvgIpc) is 2.37. The van der Waals surface area contributed by atoms with Crippen LogP contribution < -0.4 is 10.5 Å². The summed E-state index contributed by atoms with van der Waals surface area (Å²) in [4.78, 5) is 16.1. The fourth-order valence-corrected chi connectivity index (χ4v) is 2.70. The van der Waals surface area contributed by atoms with Crippen LogP contribution in [0.4, 0.5) is 21.6 Å². The van der Waals surface area contributed by atoms with Crippen LogP contribution in [0.15, 0.2) is 35.6 Å². The molecule has 0 saturated heterocycles. The van der Waals surface area contributed by atoms with Gasteiger partial charge in [-0.2, -0.15) is 0 Å². The molecule has 0 aliphatic rings. The summed E-state index contributed by atoms with van der Waals surface area (Å²) in [5, 5.41) is 10.6. The third kappa shape index (κ3) is 3.02. The molecule has 0 aliphatic carbocycles. The summed E-state index contributed by atoms with van der Waals surface area (Å²) in [6.07, 6.45) is 3.66. The molecule has 0 aliphatic heterocycles. The summed E-state index contributed by atoms with van der Waals surface area (Å²) in [6, 6.07) is 1.23. The standard InChI is InChI=1S/C10H8FN5O4S/c11-7-3-6(16(17)18)4-8(12)10(7)21(19,20)15-9-5-13-1-2-14-9/h1-5H,12H2,(H,14,15). The number of sulfonamides is 1. The van der Waals surface area contributed by atoms with Crippen LogP contribution >= 0.6 is 0 Å². The molecule has 1 heterocycles. The van der Waals surface area contributed by atoms with E-state index < -0.39 is 37.0 Å². The van der Waals surface area contributed by atoms with Gasteiger partial charge in [0.2, 0.25) is 0 Å². The Morgan fingerprint density at radius 3 is 2.57 bits per heavy atom. The van der Waals surface area contributed by atoms with Crippen molar-refractivity contribution in [2.24, 2.45) is 0 Å². The minimum absolute atomic E-state index is 0.144. The van der Waals surface area contributed by atoms with Gasteiger partial charge in [-0.1, -0.05) is 0 Å². The van der Waals surface area contributed by atoms with Crippen LogP contribution in [0.5, 0.6) is 0 Å². The Labute approximate surface area is 117 Å². The van der Waals surface area contributed by atoms with Gasteiger partial charge in [0, 0.05) is 18.5 Å². The molecule has 9 nitrogen and oxygen atoms in total. The number of nitro groups is 1. The summed E-state index contributed by atoms with van der Waals surface area (Å²) in [7, 11) is -4.39. The van der Waals surface area contributed by atoms with Crippen molar-refractivity contribution in [1.82, 2.24) is 9.97 Å². The molecule has 21 heavy (non-hydrogen) atoms. The summed E-state index contributed by atoms with van der Waals surface area (Å²) in [5.41, 5.74) is 4.17. The van der Waals surface area contributed by atoms with Crippen molar-refractivity contribution in [2.45, 2.75) is 4.90 Å². The number of nitro benzene ring substituents is 1. The molecule has 1 aromatic heterocycles. The van der Waals surface area contributed by atoms with Gasteiger partial charge in [0.15, 0.2) is 11.6 Å². The second kappa shape index (κ2) is 5.28. The Balaban J connectivity index is 2.48. The highest BCUT2D eigenvalue weighted by Crippen LogP contribution is 2.28. The molecular weight excluding hydrogens is 305 g/mol. The van der Waals surface area contributed by atoms with Crippen molar-refractivity contribution in [3.05, 3.63) is 46.7 Å². The van der Waals surface area contributed by atoms with Crippen molar-refractivity contribution in [1.29, 1.82) is 0 Å². The van der Waals surface area contributed by atoms with E-state index in [1.807, 2.05) is 4.72 Å². The maximum absolute atomic E-state index is 13.8. The highest BCUT2D eigenvalue weighted by atomic mass is 32.2. The number of nitrogens with two attached hydrogens (primary N) is 1. The quantitative estimate of drug-likeness (QED) is 0.485. The number of hydrogen-bond donors (Lipinski definition) is 2. The zero-order valence-electron chi connectivity index (χ0n) is 10.2. The van der Waals surface area contributed by atoms with Crippen molar-refractivity contribution < 1.29 is 17.7 Å². The van der Waals surface area contributed by atoms with E-state index in [1.54, 1.807) is 0 Å². The number of nitrogens with one attached hydrogen (secondary N) is 1. The molecule has 0 bridgehead atoms. The molecule has 0 atom stereocenters. The lowest BCUT2D eigenvalue weighted by Gasteiger charge is -2.10. The molecule has 0 saturated carbocycles. The number of nitrogens with zero attached hydrogens (tertiary/aromatic N) is 3. The normalized spacial score (nSPS) is 11.1. The van der Waals surface area contributed by atoms with Gasteiger partial charge >= 0.3 is 0 Å². The van der Waals surface area contributed by atoms with Gasteiger partial charge in [0.25, 0.3) is 15.7 Å². The van der Waals surface area contributed by atoms with E-state index in [2.05, 4.69) is 9.97 Å². The van der Waals surface area contributed by atoms with Crippen LogP contribution in [0.3, 0.4) is 0 Å². The maximum Gasteiger partial charge on any atom is 0.274 e. The van der Waals surface area contributed by atoms with Gasteiger partial charge in [-0.3, -0.25) is 19.8 Å². The van der Waals surface area contributed by atoms with Gasteiger partial charge in [0.05, 0.1) is 22.9 Å². The Hall–Kier alpha value is -2.82. The van der Waals surface area contributed by atoms with E-state index >= 15 is 0 Å². The molecule has 2 aromatic rings. The molecule has 0 radical (unpaired) electrons. The molecule has 2 rings (SSSR count). The molecule has 3 N–H and O–H groups in total. The van der Waals surface area contributed by atoms with E-state index in [-0.39, 0.29) is 5.82 Å². The van der Waals surface area contributed by atoms with Crippen LogP contribution in [-0.4, -0.2) is 23.3 Å². The van der Waals surface area contributed by atoms with Gasteiger partial charge < -0.3 is 5.73 Å². The fourth-order valence-electron chi connectivity index (χ4n) is 1.53. The number of halogens is 1. The van der Waals surface area contributed by atoms with Crippen LogP contribution in [0.2, 0.25) is 0 Å². The van der Waals surface area contributed by atoms with Gasteiger partial charge in [-0.05, 0) is 0 Å². The molecule has 1 aromatic carbocycles. The number of rotatable bonds is 4. The van der Waals surface area contributed by atoms with Crippen molar-refractivity contribution >= 4 is 27.2 Å². The second-order valence-corrected chi connectivity index (χ2v) is 5.42. The number of hydrogen-bond acceptors (Lipinski definition) is 7. The van der Waals surface area contributed by atoms with E-state index in [4.69, 9.17) is 5.73 Å². The van der Waals surface area contributed by atoms with Crippen LogP contribution in [-0.2, 0) is 10.0 Å². The van der Waals surface area contributed by atoms with Gasteiger partial charge in [0.1, 0.15) is 4.90 Å². The largest absolute Gasteiger partial charge is 0.397 e. The predicted octanol–water partition coefficient (Wildman–Crippen LogP) is 0.907. The molecule has 11 heteroatoms.